The molecule has 0 spiro atoms. The van der Waals surface area contributed by atoms with Crippen molar-refractivity contribution >= 4 is 21.7 Å². The Hall–Kier alpha value is -2.29. The number of benzene rings is 1. The fourth-order valence-electron chi connectivity index (χ4n) is 2.47. The van der Waals surface area contributed by atoms with E-state index in [1.165, 1.54) is 0 Å². The molecule has 8 nitrogen and oxygen atoms in total. The zero-order chi connectivity index (χ0) is 18.3. The average Bonchev–Trinajstić information content (AvgIpc) is 2.91. The fourth-order valence-corrected chi connectivity index (χ4v) is 4.33. The molecular formula is C16H22N2O6S. The Morgan fingerprint density at radius 1 is 1.08 bits per heavy atom. The fraction of sp³-hybridized carbons (Fsp3) is 0.500. The minimum Gasteiger partial charge on any atom is -0.494 e. The molecule has 0 aliphatic carbocycles. The van der Waals surface area contributed by atoms with Gasteiger partial charge in [0.1, 0.15) is 11.5 Å². The maximum Gasteiger partial charge on any atom is 0.276 e. The molecule has 9 heteroatoms. The van der Waals surface area contributed by atoms with Crippen LogP contribution in [0.2, 0.25) is 0 Å². The van der Waals surface area contributed by atoms with Gasteiger partial charge in [0.2, 0.25) is 5.91 Å². The Morgan fingerprint density at radius 3 is 2.24 bits per heavy atom. The smallest absolute Gasteiger partial charge is 0.276 e. The second kappa shape index (κ2) is 8.70. The van der Waals surface area contributed by atoms with E-state index in [0.29, 0.717) is 24.5 Å². The molecule has 1 atom stereocenters. The van der Waals surface area contributed by atoms with E-state index in [-0.39, 0.29) is 30.5 Å². The van der Waals surface area contributed by atoms with Crippen LogP contribution in [0, 0.1) is 5.92 Å². The lowest BCUT2D eigenvalue weighted by Gasteiger charge is -2.11. The highest BCUT2D eigenvalue weighted by Gasteiger charge is 2.29. The molecule has 0 unspecified atom stereocenters. The van der Waals surface area contributed by atoms with Gasteiger partial charge < -0.3 is 9.47 Å². The normalized spacial score (nSPS) is 18.4. The number of amides is 2. The minimum absolute atomic E-state index is 0.0230. The summed E-state index contributed by atoms with van der Waals surface area (Å²) in [6.07, 6.45) is 0.545. The van der Waals surface area contributed by atoms with Crippen molar-refractivity contribution < 1.29 is 27.5 Å². The zero-order valence-corrected chi connectivity index (χ0v) is 14.8. The van der Waals surface area contributed by atoms with Crippen molar-refractivity contribution in [3.8, 4) is 11.5 Å². The predicted molar refractivity (Wildman–Crippen MR) is 90.8 cm³/mol. The van der Waals surface area contributed by atoms with E-state index in [9.17, 15) is 18.0 Å². The molecule has 138 valence electrons. The third-order valence-electron chi connectivity index (χ3n) is 3.65. The predicted octanol–water partition coefficient (Wildman–Crippen LogP) is 0.436. The molecule has 25 heavy (non-hydrogen) atoms. The van der Waals surface area contributed by atoms with Crippen molar-refractivity contribution in [1.29, 1.82) is 0 Å². The molecule has 0 saturated carbocycles. The quantitative estimate of drug-likeness (QED) is 0.674. The Balaban J connectivity index is 1.65. The van der Waals surface area contributed by atoms with Gasteiger partial charge in [0, 0.05) is 6.42 Å². The van der Waals surface area contributed by atoms with Gasteiger partial charge in [-0.2, -0.15) is 0 Å². The Bertz CT molecular complexity index is 702. The molecule has 2 amide bonds. The van der Waals surface area contributed by atoms with E-state index in [1.807, 2.05) is 6.92 Å². The van der Waals surface area contributed by atoms with E-state index < -0.39 is 21.7 Å². The van der Waals surface area contributed by atoms with Gasteiger partial charge in [-0.3, -0.25) is 20.4 Å². The monoisotopic (exact) mass is 370 g/mol. The first-order valence-electron chi connectivity index (χ1n) is 8.01. The van der Waals surface area contributed by atoms with Crippen LogP contribution < -0.4 is 20.3 Å². The highest BCUT2D eigenvalue weighted by atomic mass is 32.2. The molecular weight excluding hydrogens is 348 g/mol. The molecule has 0 aromatic heterocycles. The second-order valence-electron chi connectivity index (χ2n) is 5.76. The summed E-state index contributed by atoms with van der Waals surface area (Å²) < 4.78 is 33.3. The van der Waals surface area contributed by atoms with Gasteiger partial charge in [-0.15, -0.1) is 0 Å². The van der Waals surface area contributed by atoms with E-state index in [4.69, 9.17) is 9.47 Å². The number of ether oxygens (including phenoxy) is 2. The van der Waals surface area contributed by atoms with E-state index in [2.05, 4.69) is 10.9 Å². The van der Waals surface area contributed by atoms with E-state index in [0.717, 1.165) is 0 Å². The van der Waals surface area contributed by atoms with Crippen molar-refractivity contribution in [1.82, 2.24) is 10.9 Å². The van der Waals surface area contributed by atoms with Crippen molar-refractivity contribution in [3.05, 3.63) is 24.3 Å². The second-order valence-corrected chi connectivity index (χ2v) is 7.99. The topological polar surface area (TPSA) is 111 Å². The van der Waals surface area contributed by atoms with Crippen LogP contribution in [-0.4, -0.2) is 45.0 Å². The summed E-state index contributed by atoms with van der Waals surface area (Å²) in [5, 5.41) is 0. The molecule has 1 aliphatic rings. The van der Waals surface area contributed by atoms with Gasteiger partial charge in [-0.1, -0.05) is 0 Å². The largest absolute Gasteiger partial charge is 0.494 e. The van der Waals surface area contributed by atoms with Gasteiger partial charge in [0.05, 0.1) is 18.1 Å². The highest BCUT2D eigenvalue weighted by molar-refractivity contribution is 7.91. The van der Waals surface area contributed by atoms with Crippen LogP contribution >= 0.6 is 0 Å². The molecule has 1 fully saturated rings. The van der Waals surface area contributed by atoms with Crippen molar-refractivity contribution in [3.63, 3.8) is 0 Å². The first-order valence-corrected chi connectivity index (χ1v) is 9.84. The lowest BCUT2D eigenvalue weighted by Crippen LogP contribution is -2.44. The van der Waals surface area contributed by atoms with Gasteiger partial charge in [-0.25, -0.2) is 8.42 Å². The first kappa shape index (κ1) is 19.0. The number of carbonyl (C=O) groups excluding carboxylic acids is 2. The summed E-state index contributed by atoms with van der Waals surface area (Å²) in [4.78, 5) is 23.4. The van der Waals surface area contributed by atoms with Crippen LogP contribution in [-0.2, 0) is 19.4 Å². The number of rotatable bonds is 7. The summed E-state index contributed by atoms with van der Waals surface area (Å²) in [6.45, 7) is 2.19. The molecule has 1 aromatic rings. The highest BCUT2D eigenvalue weighted by Crippen LogP contribution is 2.21. The number of sulfone groups is 1. The molecule has 1 aromatic carbocycles. The van der Waals surface area contributed by atoms with Gasteiger partial charge >= 0.3 is 0 Å². The zero-order valence-electron chi connectivity index (χ0n) is 14.0. The van der Waals surface area contributed by atoms with Crippen LogP contribution in [0.3, 0.4) is 0 Å². The number of carbonyl (C=O) groups is 2. The summed E-state index contributed by atoms with van der Waals surface area (Å²) in [6, 6.07) is 6.82. The third kappa shape index (κ3) is 6.61. The number of nitrogens with one attached hydrogen (secondary N) is 2. The van der Waals surface area contributed by atoms with Crippen LogP contribution in [0.5, 0.6) is 11.5 Å². The standard InChI is InChI=1S/C16H22N2O6S/c1-2-23-13-3-5-14(6-4-13)24-10-16(20)18-17-15(19)9-12-7-8-25(21,22)11-12/h3-6,12H,2,7-11H2,1H3,(H,17,19)(H,18,20)/t12-/m0/s1. The van der Waals surface area contributed by atoms with Crippen LogP contribution in [0.25, 0.3) is 0 Å². The molecule has 1 saturated heterocycles. The summed E-state index contributed by atoms with van der Waals surface area (Å²) in [7, 11) is -3.01. The minimum atomic E-state index is -3.01. The Morgan fingerprint density at radius 2 is 1.68 bits per heavy atom. The first-order chi connectivity index (χ1) is 11.9. The summed E-state index contributed by atoms with van der Waals surface area (Å²) >= 11 is 0. The third-order valence-corrected chi connectivity index (χ3v) is 5.48. The summed E-state index contributed by atoms with van der Waals surface area (Å²) in [5.41, 5.74) is 4.51. The van der Waals surface area contributed by atoms with Crippen LogP contribution in [0.4, 0.5) is 0 Å². The molecule has 1 heterocycles. The van der Waals surface area contributed by atoms with Gasteiger partial charge in [0.25, 0.3) is 5.91 Å². The van der Waals surface area contributed by atoms with Crippen molar-refractivity contribution in [2.75, 3.05) is 24.7 Å². The number of hydrogen-bond donors (Lipinski definition) is 2. The van der Waals surface area contributed by atoms with Gasteiger partial charge in [0.15, 0.2) is 16.4 Å². The van der Waals surface area contributed by atoms with Gasteiger partial charge in [-0.05, 0) is 43.5 Å². The molecule has 0 radical (unpaired) electrons. The summed E-state index contributed by atoms with van der Waals surface area (Å²) in [5.74, 6) is 0.226. The molecule has 2 rings (SSSR count). The lowest BCUT2D eigenvalue weighted by molar-refractivity contribution is -0.130. The van der Waals surface area contributed by atoms with Crippen molar-refractivity contribution in [2.45, 2.75) is 19.8 Å². The van der Waals surface area contributed by atoms with Crippen LogP contribution in [0.15, 0.2) is 24.3 Å². The number of hydrazine groups is 1. The molecule has 2 N–H and O–H groups in total. The lowest BCUT2D eigenvalue weighted by atomic mass is 10.1. The Labute approximate surface area is 146 Å². The number of hydrogen-bond acceptors (Lipinski definition) is 6. The molecule has 1 aliphatic heterocycles. The van der Waals surface area contributed by atoms with E-state index in [1.54, 1.807) is 24.3 Å². The maximum atomic E-state index is 11.7. The van der Waals surface area contributed by atoms with Crippen molar-refractivity contribution in [2.24, 2.45) is 5.92 Å². The SMILES string of the molecule is CCOc1ccc(OCC(=O)NNC(=O)C[C@@H]2CCS(=O)(=O)C2)cc1. The van der Waals surface area contributed by atoms with E-state index >= 15 is 0 Å². The average molecular weight is 370 g/mol. The van der Waals surface area contributed by atoms with Crippen LogP contribution in [0.1, 0.15) is 19.8 Å². The maximum absolute atomic E-state index is 11.7. The molecule has 0 bridgehead atoms. The Kier molecular flexibility index (Phi) is 6.63.